The number of nitrogens with one attached hydrogen (secondary N) is 1. The van der Waals surface area contributed by atoms with Gasteiger partial charge >= 0.3 is 6.03 Å². The number of hydrogen-bond acceptors (Lipinski definition) is 1. The number of carbonyl (C=O) groups excluding carboxylic acids is 1. The van der Waals surface area contributed by atoms with Crippen LogP contribution in [0.1, 0.15) is 20.3 Å². The SMILES string of the molecule is CC[C@@H](C)N(C)C(=O)Nc1cccc(Cl)c1. The normalized spacial score (nSPS) is 12.0. The zero-order chi connectivity index (χ0) is 12.1. The lowest BCUT2D eigenvalue weighted by Crippen LogP contribution is -2.37. The molecule has 1 N–H and O–H groups in total. The molecule has 1 atom stereocenters. The minimum absolute atomic E-state index is 0.114. The Morgan fingerprint density at radius 3 is 2.81 bits per heavy atom. The highest BCUT2D eigenvalue weighted by atomic mass is 35.5. The van der Waals surface area contributed by atoms with Crippen molar-refractivity contribution in [2.45, 2.75) is 26.3 Å². The van der Waals surface area contributed by atoms with Crippen LogP contribution in [-0.4, -0.2) is 24.0 Å². The van der Waals surface area contributed by atoms with Gasteiger partial charge in [-0.25, -0.2) is 4.79 Å². The Kier molecular flexibility index (Phi) is 4.62. The Balaban J connectivity index is 2.64. The van der Waals surface area contributed by atoms with Gasteiger partial charge in [0.2, 0.25) is 0 Å². The Morgan fingerprint density at radius 2 is 2.25 bits per heavy atom. The quantitative estimate of drug-likeness (QED) is 0.860. The molecular weight excluding hydrogens is 224 g/mol. The first-order valence-electron chi connectivity index (χ1n) is 5.34. The van der Waals surface area contributed by atoms with Crippen LogP contribution in [0, 0.1) is 0 Å². The van der Waals surface area contributed by atoms with Crippen LogP contribution in [0.2, 0.25) is 5.02 Å². The number of nitrogens with zero attached hydrogens (tertiary/aromatic N) is 1. The van der Waals surface area contributed by atoms with Gasteiger partial charge in [0.15, 0.2) is 0 Å². The predicted octanol–water partition coefficient (Wildman–Crippen LogP) is 3.60. The van der Waals surface area contributed by atoms with E-state index in [1.165, 1.54) is 0 Å². The van der Waals surface area contributed by atoms with Gasteiger partial charge in [0.1, 0.15) is 0 Å². The van der Waals surface area contributed by atoms with Gasteiger partial charge < -0.3 is 10.2 Å². The number of hydrogen-bond donors (Lipinski definition) is 1. The summed E-state index contributed by atoms with van der Waals surface area (Å²) in [6.07, 6.45) is 0.930. The molecule has 1 aromatic carbocycles. The monoisotopic (exact) mass is 240 g/mol. The lowest BCUT2D eigenvalue weighted by atomic mass is 10.2. The fourth-order valence-corrected chi connectivity index (χ4v) is 1.44. The van der Waals surface area contributed by atoms with Crippen molar-refractivity contribution in [2.75, 3.05) is 12.4 Å². The van der Waals surface area contributed by atoms with Gasteiger partial charge in [0, 0.05) is 23.8 Å². The topological polar surface area (TPSA) is 32.3 Å². The highest BCUT2D eigenvalue weighted by Crippen LogP contribution is 2.15. The molecule has 0 aliphatic heterocycles. The van der Waals surface area contributed by atoms with Gasteiger partial charge in [0.25, 0.3) is 0 Å². The Bertz CT molecular complexity index is 368. The van der Waals surface area contributed by atoms with Gasteiger partial charge in [-0.1, -0.05) is 24.6 Å². The third-order valence-electron chi connectivity index (χ3n) is 2.65. The molecule has 4 heteroatoms. The summed E-state index contributed by atoms with van der Waals surface area (Å²) in [5.74, 6) is 0. The van der Waals surface area contributed by atoms with Crippen molar-refractivity contribution in [1.29, 1.82) is 0 Å². The number of amides is 2. The molecule has 0 saturated carbocycles. The van der Waals surface area contributed by atoms with Crippen LogP contribution >= 0.6 is 11.6 Å². The minimum Gasteiger partial charge on any atom is -0.325 e. The molecule has 0 radical (unpaired) electrons. The van der Waals surface area contributed by atoms with E-state index in [0.29, 0.717) is 10.7 Å². The van der Waals surface area contributed by atoms with E-state index < -0.39 is 0 Å². The second-order valence-electron chi connectivity index (χ2n) is 3.81. The largest absolute Gasteiger partial charge is 0.325 e. The van der Waals surface area contributed by atoms with Crippen LogP contribution in [0.25, 0.3) is 0 Å². The summed E-state index contributed by atoms with van der Waals surface area (Å²) in [6, 6.07) is 7.23. The highest BCUT2D eigenvalue weighted by Gasteiger charge is 2.13. The van der Waals surface area contributed by atoms with Crippen LogP contribution in [-0.2, 0) is 0 Å². The van der Waals surface area contributed by atoms with E-state index in [2.05, 4.69) is 5.32 Å². The lowest BCUT2D eigenvalue weighted by Gasteiger charge is -2.24. The molecule has 0 spiro atoms. The van der Waals surface area contributed by atoms with E-state index in [9.17, 15) is 4.79 Å². The zero-order valence-corrected chi connectivity index (χ0v) is 10.6. The molecule has 0 aliphatic rings. The van der Waals surface area contributed by atoms with Crippen molar-refractivity contribution >= 4 is 23.3 Å². The number of benzene rings is 1. The van der Waals surface area contributed by atoms with E-state index in [4.69, 9.17) is 11.6 Å². The number of rotatable bonds is 3. The van der Waals surface area contributed by atoms with Crippen LogP contribution in [0.15, 0.2) is 24.3 Å². The maximum Gasteiger partial charge on any atom is 0.321 e. The van der Waals surface area contributed by atoms with Crippen molar-refractivity contribution < 1.29 is 4.79 Å². The summed E-state index contributed by atoms with van der Waals surface area (Å²) >= 11 is 5.83. The first kappa shape index (κ1) is 12.8. The molecule has 2 amide bonds. The molecule has 1 aromatic rings. The lowest BCUT2D eigenvalue weighted by molar-refractivity contribution is 0.206. The minimum atomic E-state index is -0.114. The molecule has 3 nitrogen and oxygen atoms in total. The summed E-state index contributed by atoms with van der Waals surface area (Å²) in [6.45, 7) is 4.06. The second kappa shape index (κ2) is 5.75. The Morgan fingerprint density at radius 1 is 1.56 bits per heavy atom. The average Bonchev–Trinajstić information content (AvgIpc) is 2.27. The third-order valence-corrected chi connectivity index (χ3v) is 2.88. The molecule has 0 aliphatic carbocycles. The van der Waals surface area contributed by atoms with E-state index in [-0.39, 0.29) is 12.1 Å². The van der Waals surface area contributed by atoms with E-state index in [0.717, 1.165) is 6.42 Å². The van der Waals surface area contributed by atoms with E-state index >= 15 is 0 Å². The first-order chi connectivity index (χ1) is 7.54. The molecule has 1 rings (SSSR count). The first-order valence-corrected chi connectivity index (χ1v) is 5.71. The summed E-state index contributed by atoms with van der Waals surface area (Å²) in [4.78, 5) is 13.5. The van der Waals surface area contributed by atoms with Gasteiger partial charge in [-0.3, -0.25) is 0 Å². The number of urea groups is 1. The maximum absolute atomic E-state index is 11.8. The van der Waals surface area contributed by atoms with Crippen LogP contribution in [0.5, 0.6) is 0 Å². The molecule has 0 heterocycles. The molecule has 0 aromatic heterocycles. The van der Waals surface area contributed by atoms with Gasteiger partial charge in [-0.05, 0) is 31.5 Å². The number of halogens is 1. The Hall–Kier alpha value is -1.22. The molecular formula is C12H17ClN2O. The summed E-state index contributed by atoms with van der Waals surface area (Å²) < 4.78 is 0. The summed E-state index contributed by atoms with van der Waals surface area (Å²) in [5, 5.41) is 3.42. The number of anilines is 1. The fourth-order valence-electron chi connectivity index (χ4n) is 1.25. The Labute approximate surface area is 101 Å². The van der Waals surface area contributed by atoms with Crippen LogP contribution < -0.4 is 5.32 Å². The van der Waals surface area contributed by atoms with Crippen molar-refractivity contribution in [3.05, 3.63) is 29.3 Å². The zero-order valence-electron chi connectivity index (χ0n) is 9.83. The summed E-state index contributed by atoms with van der Waals surface area (Å²) in [7, 11) is 1.79. The molecule has 88 valence electrons. The van der Waals surface area contributed by atoms with Crippen molar-refractivity contribution in [3.63, 3.8) is 0 Å². The second-order valence-corrected chi connectivity index (χ2v) is 4.25. The average molecular weight is 241 g/mol. The molecule has 0 fully saturated rings. The molecule has 0 bridgehead atoms. The van der Waals surface area contributed by atoms with Gasteiger partial charge in [0.05, 0.1) is 0 Å². The van der Waals surface area contributed by atoms with Crippen molar-refractivity contribution in [3.8, 4) is 0 Å². The van der Waals surface area contributed by atoms with Gasteiger partial charge in [-0.2, -0.15) is 0 Å². The third kappa shape index (κ3) is 3.42. The molecule has 0 unspecified atom stereocenters. The number of carbonyl (C=O) groups is 1. The predicted molar refractivity (Wildman–Crippen MR) is 68.0 cm³/mol. The van der Waals surface area contributed by atoms with E-state index in [1.807, 2.05) is 19.9 Å². The van der Waals surface area contributed by atoms with Crippen molar-refractivity contribution in [2.24, 2.45) is 0 Å². The van der Waals surface area contributed by atoms with Crippen molar-refractivity contribution in [1.82, 2.24) is 4.90 Å². The smallest absolute Gasteiger partial charge is 0.321 e. The van der Waals surface area contributed by atoms with E-state index in [1.54, 1.807) is 30.1 Å². The van der Waals surface area contributed by atoms with Crippen LogP contribution in [0.4, 0.5) is 10.5 Å². The summed E-state index contributed by atoms with van der Waals surface area (Å²) in [5.41, 5.74) is 0.715. The van der Waals surface area contributed by atoms with Crippen LogP contribution in [0.3, 0.4) is 0 Å². The standard InChI is InChI=1S/C12H17ClN2O/c1-4-9(2)15(3)12(16)14-11-7-5-6-10(13)8-11/h5-9H,4H2,1-3H3,(H,14,16)/t9-/m1/s1. The highest BCUT2D eigenvalue weighted by molar-refractivity contribution is 6.30. The maximum atomic E-state index is 11.8. The molecule has 0 saturated heterocycles. The molecule has 16 heavy (non-hydrogen) atoms. The fraction of sp³-hybridized carbons (Fsp3) is 0.417. The van der Waals surface area contributed by atoms with Gasteiger partial charge in [-0.15, -0.1) is 0 Å².